The minimum Gasteiger partial charge on any atom is -0.484 e. The van der Waals surface area contributed by atoms with Crippen LogP contribution in [-0.2, 0) is 30.5 Å². The Kier molecular flexibility index (Phi) is 13.1. The van der Waals surface area contributed by atoms with E-state index in [0.29, 0.717) is 35.3 Å². The van der Waals surface area contributed by atoms with Crippen LogP contribution in [0.4, 0.5) is 0 Å². The van der Waals surface area contributed by atoms with Crippen molar-refractivity contribution < 1.29 is 28.7 Å². The van der Waals surface area contributed by atoms with Gasteiger partial charge in [-0.05, 0) is 50.8 Å². The van der Waals surface area contributed by atoms with E-state index in [9.17, 15) is 24.0 Å². The minimum atomic E-state index is -1.01. The van der Waals surface area contributed by atoms with Crippen LogP contribution in [0.25, 0.3) is 11.4 Å². The Morgan fingerprint density at radius 1 is 0.939 bits per heavy atom. The normalized spacial score (nSPS) is 20.1. The lowest BCUT2D eigenvalue weighted by Gasteiger charge is -2.25. The molecule has 0 saturated heterocycles. The molecule has 5 amide bonds. The van der Waals surface area contributed by atoms with Gasteiger partial charge in [0.15, 0.2) is 12.4 Å². The Hall–Kier alpha value is -4.98. The summed E-state index contributed by atoms with van der Waals surface area (Å²) >= 11 is 6.02. The Labute approximate surface area is 290 Å². The highest BCUT2D eigenvalue weighted by molar-refractivity contribution is 6.30. The minimum absolute atomic E-state index is 0.0450. The van der Waals surface area contributed by atoms with Crippen molar-refractivity contribution in [3.05, 3.63) is 65.4 Å². The van der Waals surface area contributed by atoms with E-state index in [0.717, 1.165) is 5.56 Å². The van der Waals surface area contributed by atoms with Gasteiger partial charge in [0, 0.05) is 23.7 Å². The number of carbonyl (C=O) groups excluding carboxylic acids is 5. The molecule has 1 aliphatic heterocycles. The van der Waals surface area contributed by atoms with Gasteiger partial charge in [-0.2, -0.15) is 5.10 Å². The van der Waals surface area contributed by atoms with Crippen LogP contribution in [0.2, 0.25) is 5.02 Å². The van der Waals surface area contributed by atoms with E-state index in [-0.39, 0.29) is 44.6 Å². The van der Waals surface area contributed by atoms with E-state index in [1.165, 1.54) is 16.5 Å². The van der Waals surface area contributed by atoms with Crippen molar-refractivity contribution in [2.24, 2.45) is 5.92 Å². The summed E-state index contributed by atoms with van der Waals surface area (Å²) in [4.78, 5) is 72.1. The van der Waals surface area contributed by atoms with Gasteiger partial charge in [-0.3, -0.25) is 24.0 Å². The maximum absolute atomic E-state index is 13.6. The first kappa shape index (κ1) is 36.8. The van der Waals surface area contributed by atoms with E-state index in [2.05, 4.69) is 31.3 Å². The molecule has 4 rings (SSSR count). The third kappa shape index (κ3) is 11.0. The van der Waals surface area contributed by atoms with Crippen LogP contribution in [0.5, 0.6) is 5.75 Å². The lowest BCUT2D eigenvalue weighted by molar-refractivity contribution is -0.138. The van der Waals surface area contributed by atoms with E-state index >= 15 is 0 Å². The molecule has 14 nitrogen and oxygen atoms in total. The van der Waals surface area contributed by atoms with Crippen LogP contribution >= 0.6 is 11.6 Å². The van der Waals surface area contributed by atoms with Crippen LogP contribution in [0.1, 0.15) is 52.4 Å². The predicted octanol–water partition coefficient (Wildman–Crippen LogP) is 2.24. The van der Waals surface area contributed by atoms with Crippen LogP contribution in [0, 0.1) is 5.92 Å². The van der Waals surface area contributed by atoms with E-state index in [1.807, 2.05) is 44.2 Å². The molecule has 0 aliphatic carbocycles. The average molecular weight is 695 g/mol. The van der Waals surface area contributed by atoms with Crippen molar-refractivity contribution in [1.29, 1.82) is 0 Å². The summed E-state index contributed by atoms with van der Waals surface area (Å²) in [6.07, 6.45) is 0.644. The number of benzene rings is 2. The number of amides is 5. The molecular formula is C34H43ClN8O6. The number of nitrogens with one attached hydrogen (secondary N) is 4. The molecule has 2 aromatic carbocycles. The number of rotatable bonds is 6. The third-order valence-electron chi connectivity index (χ3n) is 7.66. The zero-order valence-corrected chi connectivity index (χ0v) is 28.8. The maximum Gasteiger partial charge on any atom is 0.260 e. The highest BCUT2D eigenvalue weighted by Crippen LogP contribution is 2.20. The van der Waals surface area contributed by atoms with Crippen LogP contribution in [0.3, 0.4) is 0 Å². The second-order valence-corrected chi connectivity index (χ2v) is 12.7. The van der Waals surface area contributed by atoms with Crippen LogP contribution in [-0.4, -0.2) is 87.5 Å². The molecular weight excluding hydrogens is 652 g/mol. The van der Waals surface area contributed by atoms with Gasteiger partial charge < -0.3 is 30.9 Å². The zero-order chi connectivity index (χ0) is 35.5. The summed E-state index contributed by atoms with van der Waals surface area (Å²) in [5.41, 5.74) is 0.737. The lowest BCUT2D eigenvalue weighted by atomic mass is 10.0. The standard InChI is InChI=1S/C34H43ClN8O6/c1-21(2)16-27-34(48)38-22(3)32-40-31(24-10-6-5-7-11-24)41-43(32)19-28(44)36-14-9-15-42(18-29(45)37-23(4)33(47)39-27)30(46)20-49-26-13-8-12-25(35)17-26/h5-8,10-13,17,21-23,27H,9,14-16,18-20H2,1-4H3,(H,36,44)(H,37,45)(H,38,48)(H,39,47)/t22-,23+,27+/m0/s1. The molecule has 0 spiro atoms. The summed E-state index contributed by atoms with van der Waals surface area (Å²) < 4.78 is 7.05. The van der Waals surface area contributed by atoms with Crippen LogP contribution in [0.15, 0.2) is 54.6 Å². The molecule has 49 heavy (non-hydrogen) atoms. The lowest BCUT2D eigenvalue weighted by Crippen LogP contribution is -2.54. The Morgan fingerprint density at radius 2 is 1.69 bits per heavy atom. The molecule has 15 heteroatoms. The highest BCUT2D eigenvalue weighted by atomic mass is 35.5. The van der Waals surface area contributed by atoms with E-state index < -0.39 is 41.8 Å². The molecule has 0 fully saturated rings. The average Bonchev–Trinajstić information content (AvgIpc) is 3.48. The van der Waals surface area contributed by atoms with Gasteiger partial charge in [0.05, 0.1) is 12.6 Å². The summed E-state index contributed by atoms with van der Waals surface area (Å²) in [6, 6.07) is 13.2. The second-order valence-electron chi connectivity index (χ2n) is 12.3. The molecule has 0 bridgehead atoms. The first-order chi connectivity index (χ1) is 23.4. The number of nitrogens with zero attached hydrogens (tertiary/aromatic N) is 4. The van der Waals surface area contributed by atoms with Gasteiger partial charge in [-0.1, -0.05) is 61.8 Å². The maximum atomic E-state index is 13.6. The van der Waals surface area contributed by atoms with Gasteiger partial charge in [0.2, 0.25) is 23.6 Å². The SMILES string of the molecule is CC(C)C[C@H]1NC(=O)[C@@H](C)NC(=O)CN(C(=O)COc2cccc(Cl)c2)CCCNC(=O)Cn2nc(-c3ccccc3)nc2[C@H](C)NC1=O. The fourth-order valence-electron chi connectivity index (χ4n) is 5.18. The molecule has 3 atom stereocenters. The molecule has 1 aliphatic rings. The molecule has 2 heterocycles. The van der Waals surface area contributed by atoms with Crippen molar-refractivity contribution in [3.63, 3.8) is 0 Å². The quantitative estimate of drug-likeness (QED) is 0.304. The first-order valence-electron chi connectivity index (χ1n) is 16.2. The number of halogens is 1. The van der Waals surface area contributed by atoms with Gasteiger partial charge in [-0.25, -0.2) is 9.67 Å². The molecule has 262 valence electrons. The van der Waals surface area contributed by atoms with Crippen LogP contribution < -0.4 is 26.0 Å². The Morgan fingerprint density at radius 3 is 2.41 bits per heavy atom. The molecule has 0 saturated carbocycles. The summed E-state index contributed by atoms with van der Waals surface area (Å²) in [5, 5.41) is 16.1. The number of ether oxygens (including phenoxy) is 1. The number of fused-ring (bicyclic) bond motifs is 1. The van der Waals surface area contributed by atoms with Gasteiger partial charge in [-0.15, -0.1) is 0 Å². The summed E-state index contributed by atoms with van der Waals surface area (Å²) in [5.74, 6) is -1.27. The summed E-state index contributed by atoms with van der Waals surface area (Å²) in [6.45, 7) is 6.48. The Balaban J connectivity index is 1.58. The van der Waals surface area contributed by atoms with Crippen molar-refractivity contribution in [2.45, 2.75) is 65.2 Å². The smallest absolute Gasteiger partial charge is 0.260 e. The predicted molar refractivity (Wildman–Crippen MR) is 182 cm³/mol. The number of hydrogen-bond donors (Lipinski definition) is 4. The van der Waals surface area contributed by atoms with Gasteiger partial charge >= 0.3 is 0 Å². The van der Waals surface area contributed by atoms with E-state index in [1.54, 1.807) is 31.2 Å². The fourth-order valence-corrected chi connectivity index (χ4v) is 5.36. The van der Waals surface area contributed by atoms with Gasteiger partial charge in [0.1, 0.15) is 30.2 Å². The Bertz CT molecular complexity index is 1630. The zero-order valence-electron chi connectivity index (χ0n) is 28.1. The fraction of sp³-hybridized carbons (Fsp3) is 0.441. The van der Waals surface area contributed by atoms with E-state index in [4.69, 9.17) is 16.3 Å². The largest absolute Gasteiger partial charge is 0.484 e. The van der Waals surface area contributed by atoms with Crippen molar-refractivity contribution in [3.8, 4) is 17.1 Å². The van der Waals surface area contributed by atoms with Crippen molar-refractivity contribution in [2.75, 3.05) is 26.2 Å². The first-order valence-corrected chi connectivity index (χ1v) is 16.6. The molecule has 3 aromatic rings. The third-order valence-corrected chi connectivity index (χ3v) is 7.89. The molecule has 0 radical (unpaired) electrons. The molecule has 1 aromatic heterocycles. The molecule has 4 N–H and O–H groups in total. The molecule has 0 unspecified atom stereocenters. The van der Waals surface area contributed by atoms with Crippen molar-refractivity contribution in [1.82, 2.24) is 40.9 Å². The van der Waals surface area contributed by atoms with Gasteiger partial charge in [0.25, 0.3) is 5.91 Å². The monoisotopic (exact) mass is 694 g/mol. The summed E-state index contributed by atoms with van der Waals surface area (Å²) in [7, 11) is 0. The highest BCUT2D eigenvalue weighted by Gasteiger charge is 2.29. The second kappa shape index (κ2) is 17.4. The topological polar surface area (TPSA) is 177 Å². The van der Waals surface area contributed by atoms with Crippen molar-refractivity contribution >= 4 is 41.1 Å². The number of aromatic nitrogens is 3. The number of carbonyl (C=O) groups is 5. The number of hydrogen-bond acceptors (Lipinski definition) is 8.